The van der Waals surface area contributed by atoms with Crippen LogP contribution < -0.4 is 10.5 Å². The van der Waals surface area contributed by atoms with Crippen LogP contribution in [0.1, 0.15) is 17.2 Å². The van der Waals surface area contributed by atoms with E-state index in [1.165, 1.54) is 0 Å². The van der Waals surface area contributed by atoms with Crippen LogP contribution in [0.2, 0.25) is 0 Å². The monoisotopic (exact) mass is 279 g/mol. The molecule has 3 heteroatoms. The molecule has 3 rings (SSSR count). The molecular weight excluding hydrogens is 262 g/mol. The normalized spacial score (nSPS) is 12.3. The van der Waals surface area contributed by atoms with Crippen molar-refractivity contribution in [3.05, 3.63) is 71.8 Å². The molecule has 0 saturated carbocycles. The molecule has 3 N–H and O–H groups in total. The third-order valence-electron chi connectivity index (χ3n) is 3.74. The number of nitrogens with two attached hydrogens (primary N) is 1. The lowest BCUT2D eigenvalue weighted by Gasteiger charge is -2.16. The van der Waals surface area contributed by atoms with E-state index >= 15 is 0 Å². The third-order valence-corrected chi connectivity index (χ3v) is 3.74. The molecule has 21 heavy (non-hydrogen) atoms. The zero-order chi connectivity index (χ0) is 14.8. The maximum atomic E-state index is 10.5. The number of aromatic hydroxyl groups is 1. The van der Waals surface area contributed by atoms with E-state index in [4.69, 9.17) is 10.5 Å². The maximum Gasteiger partial charge on any atom is 0.128 e. The molecule has 3 aromatic rings. The maximum absolute atomic E-state index is 10.5. The van der Waals surface area contributed by atoms with Gasteiger partial charge in [0.2, 0.25) is 0 Å². The predicted molar refractivity (Wildman–Crippen MR) is 84.6 cm³/mol. The molecule has 0 aliphatic rings. The van der Waals surface area contributed by atoms with Crippen molar-refractivity contribution in [1.82, 2.24) is 0 Å². The number of ether oxygens (including phenoxy) is 1. The van der Waals surface area contributed by atoms with Crippen LogP contribution in [0, 0.1) is 0 Å². The molecular formula is C18H17NO2. The number of rotatable bonds is 3. The average Bonchev–Trinajstić information content (AvgIpc) is 2.55. The highest BCUT2D eigenvalue weighted by molar-refractivity contribution is 5.89. The molecule has 1 unspecified atom stereocenters. The summed E-state index contributed by atoms with van der Waals surface area (Å²) < 4.78 is 5.15. The minimum atomic E-state index is -0.375. The van der Waals surface area contributed by atoms with E-state index in [1.54, 1.807) is 7.11 Å². The molecule has 0 aromatic heterocycles. The Balaban J connectivity index is 2.04. The largest absolute Gasteiger partial charge is 0.507 e. The fraction of sp³-hybridized carbons (Fsp3) is 0.111. The van der Waals surface area contributed by atoms with Gasteiger partial charge in [0.05, 0.1) is 13.2 Å². The molecule has 0 aliphatic heterocycles. The Labute approximate surface area is 123 Å². The number of methoxy groups -OCH3 is 1. The molecule has 0 heterocycles. The summed E-state index contributed by atoms with van der Waals surface area (Å²) in [4.78, 5) is 0. The molecule has 106 valence electrons. The van der Waals surface area contributed by atoms with Crippen LogP contribution >= 0.6 is 0 Å². The van der Waals surface area contributed by atoms with E-state index < -0.39 is 0 Å². The first-order chi connectivity index (χ1) is 10.2. The second-order valence-electron chi connectivity index (χ2n) is 4.98. The summed E-state index contributed by atoms with van der Waals surface area (Å²) in [6, 6.07) is 18.8. The molecule has 0 bridgehead atoms. The van der Waals surface area contributed by atoms with Crippen molar-refractivity contribution in [2.24, 2.45) is 5.73 Å². The van der Waals surface area contributed by atoms with Crippen LogP contribution in [0.15, 0.2) is 60.7 Å². The minimum Gasteiger partial charge on any atom is -0.507 e. The molecule has 0 fully saturated rings. The summed E-state index contributed by atoms with van der Waals surface area (Å²) >= 11 is 0. The quantitative estimate of drug-likeness (QED) is 0.770. The molecule has 0 aliphatic carbocycles. The summed E-state index contributed by atoms with van der Waals surface area (Å²) in [5, 5.41) is 12.3. The van der Waals surface area contributed by atoms with Gasteiger partial charge in [-0.3, -0.25) is 0 Å². The summed E-state index contributed by atoms with van der Waals surface area (Å²) in [6.45, 7) is 0. The second-order valence-corrected chi connectivity index (χ2v) is 4.98. The van der Waals surface area contributed by atoms with Crippen LogP contribution in [-0.2, 0) is 0 Å². The summed E-state index contributed by atoms with van der Waals surface area (Å²) in [6.07, 6.45) is 0. The number of fused-ring (bicyclic) bond motifs is 1. The number of phenols is 1. The zero-order valence-electron chi connectivity index (χ0n) is 11.8. The average molecular weight is 279 g/mol. The van der Waals surface area contributed by atoms with Crippen molar-refractivity contribution in [2.45, 2.75) is 6.04 Å². The number of hydrogen-bond donors (Lipinski definition) is 2. The second kappa shape index (κ2) is 5.46. The van der Waals surface area contributed by atoms with E-state index in [0.29, 0.717) is 0 Å². The minimum absolute atomic E-state index is 0.247. The number of hydrogen-bond acceptors (Lipinski definition) is 3. The fourth-order valence-corrected chi connectivity index (χ4v) is 2.51. The Morgan fingerprint density at radius 2 is 1.67 bits per heavy atom. The van der Waals surface area contributed by atoms with Gasteiger partial charge in [-0.2, -0.15) is 0 Å². The Morgan fingerprint density at radius 3 is 2.38 bits per heavy atom. The first-order valence-electron chi connectivity index (χ1n) is 6.81. The standard InChI is InChI=1S/C18H17NO2/c1-21-14-9-6-13(7-10-14)17(19)16-11-8-12-4-2-3-5-15(12)18(16)20/h2-11,17,20H,19H2,1H3. The van der Waals surface area contributed by atoms with Crippen molar-refractivity contribution in [3.8, 4) is 11.5 Å². The predicted octanol–water partition coefficient (Wildman–Crippen LogP) is 3.60. The van der Waals surface area contributed by atoms with E-state index in [-0.39, 0.29) is 11.8 Å². The first-order valence-corrected chi connectivity index (χ1v) is 6.81. The molecule has 0 amide bonds. The highest BCUT2D eigenvalue weighted by Gasteiger charge is 2.15. The molecule has 0 saturated heterocycles. The molecule has 0 radical (unpaired) electrons. The SMILES string of the molecule is COc1ccc(C(N)c2ccc3ccccc3c2O)cc1. The zero-order valence-corrected chi connectivity index (χ0v) is 11.8. The van der Waals surface area contributed by atoms with E-state index in [1.807, 2.05) is 60.7 Å². The van der Waals surface area contributed by atoms with Gasteiger partial charge < -0.3 is 15.6 Å². The summed E-state index contributed by atoms with van der Waals surface area (Å²) in [5.74, 6) is 1.03. The van der Waals surface area contributed by atoms with Crippen LogP contribution in [0.4, 0.5) is 0 Å². The van der Waals surface area contributed by atoms with Gasteiger partial charge in [0.25, 0.3) is 0 Å². The van der Waals surface area contributed by atoms with Gasteiger partial charge >= 0.3 is 0 Å². The van der Waals surface area contributed by atoms with E-state index in [9.17, 15) is 5.11 Å². The van der Waals surface area contributed by atoms with E-state index in [0.717, 1.165) is 27.6 Å². The Morgan fingerprint density at radius 1 is 0.952 bits per heavy atom. The molecule has 0 spiro atoms. The first kappa shape index (κ1) is 13.5. The molecule has 1 atom stereocenters. The van der Waals surface area contributed by atoms with Gasteiger partial charge in [0, 0.05) is 10.9 Å². The third kappa shape index (κ3) is 2.43. The Bertz CT molecular complexity index is 766. The molecule has 3 nitrogen and oxygen atoms in total. The van der Waals surface area contributed by atoms with Gasteiger partial charge in [-0.1, -0.05) is 48.5 Å². The fourth-order valence-electron chi connectivity index (χ4n) is 2.51. The lowest BCUT2D eigenvalue weighted by molar-refractivity contribution is 0.414. The van der Waals surface area contributed by atoms with E-state index in [2.05, 4.69) is 0 Å². The van der Waals surface area contributed by atoms with Gasteiger partial charge in [-0.15, -0.1) is 0 Å². The van der Waals surface area contributed by atoms with Gasteiger partial charge in [0.15, 0.2) is 0 Å². The smallest absolute Gasteiger partial charge is 0.128 e. The van der Waals surface area contributed by atoms with Crippen LogP contribution in [0.25, 0.3) is 10.8 Å². The van der Waals surface area contributed by atoms with Crippen LogP contribution in [-0.4, -0.2) is 12.2 Å². The van der Waals surface area contributed by atoms with Crippen molar-refractivity contribution in [1.29, 1.82) is 0 Å². The highest BCUT2D eigenvalue weighted by atomic mass is 16.5. The van der Waals surface area contributed by atoms with Gasteiger partial charge in [-0.05, 0) is 23.1 Å². The lowest BCUT2D eigenvalue weighted by Crippen LogP contribution is -2.12. The van der Waals surface area contributed by atoms with Crippen molar-refractivity contribution in [2.75, 3.05) is 7.11 Å². The summed E-state index contributed by atoms with van der Waals surface area (Å²) in [5.41, 5.74) is 7.95. The highest BCUT2D eigenvalue weighted by Crippen LogP contribution is 2.34. The van der Waals surface area contributed by atoms with Crippen molar-refractivity contribution >= 4 is 10.8 Å². The van der Waals surface area contributed by atoms with Crippen molar-refractivity contribution < 1.29 is 9.84 Å². The lowest BCUT2D eigenvalue weighted by atomic mass is 9.95. The van der Waals surface area contributed by atoms with Crippen molar-refractivity contribution in [3.63, 3.8) is 0 Å². The van der Waals surface area contributed by atoms with Crippen LogP contribution in [0.3, 0.4) is 0 Å². The summed E-state index contributed by atoms with van der Waals surface area (Å²) in [7, 11) is 1.63. The van der Waals surface area contributed by atoms with Gasteiger partial charge in [-0.25, -0.2) is 0 Å². The Hall–Kier alpha value is -2.52. The van der Waals surface area contributed by atoms with Gasteiger partial charge in [0.1, 0.15) is 11.5 Å². The van der Waals surface area contributed by atoms with Crippen LogP contribution in [0.5, 0.6) is 11.5 Å². The molecule has 3 aromatic carbocycles. The number of benzene rings is 3. The number of phenolic OH excluding ortho intramolecular Hbond substituents is 1. The Kier molecular flexibility index (Phi) is 3.50. The topological polar surface area (TPSA) is 55.5 Å².